The lowest BCUT2D eigenvalue weighted by atomic mass is 10.2. The molecule has 0 bridgehead atoms. The van der Waals surface area contributed by atoms with Crippen LogP contribution < -0.4 is 14.2 Å². The minimum Gasteiger partial charge on any atom is -0.497 e. The minimum atomic E-state index is -0.0211. The average Bonchev–Trinajstić information content (AvgIpc) is 3.65. The van der Waals surface area contributed by atoms with Gasteiger partial charge < -0.3 is 34.0 Å². The number of aromatic nitrogens is 6. The molecule has 0 unspecified atom stereocenters. The summed E-state index contributed by atoms with van der Waals surface area (Å²) >= 11 is 0. The van der Waals surface area contributed by atoms with Crippen LogP contribution in [0.1, 0.15) is 5.56 Å². The first-order valence-electron chi connectivity index (χ1n) is 13.1. The summed E-state index contributed by atoms with van der Waals surface area (Å²) in [4.78, 5) is 24.6. The van der Waals surface area contributed by atoms with Crippen molar-refractivity contribution >= 4 is 22.1 Å². The average molecular weight is 553 g/mol. The third-order valence-corrected chi connectivity index (χ3v) is 6.37. The van der Waals surface area contributed by atoms with Gasteiger partial charge in [-0.15, -0.1) is 0 Å². The molecule has 0 saturated carbocycles. The van der Waals surface area contributed by atoms with Crippen molar-refractivity contribution in [2.24, 2.45) is 0 Å². The predicted molar refractivity (Wildman–Crippen MR) is 153 cm³/mol. The van der Waals surface area contributed by atoms with E-state index in [1.165, 1.54) is 0 Å². The number of aromatic amines is 2. The van der Waals surface area contributed by atoms with Crippen molar-refractivity contribution in [2.75, 3.05) is 33.5 Å². The minimum absolute atomic E-state index is 0.0211. The van der Waals surface area contributed by atoms with E-state index in [1.807, 2.05) is 60.7 Å². The Morgan fingerprint density at radius 1 is 0.659 bits per heavy atom. The number of hydrogen-bond acceptors (Lipinski definition) is 9. The Labute approximate surface area is 235 Å². The number of fused-ring (bicyclic) bond motifs is 2. The van der Waals surface area contributed by atoms with Gasteiger partial charge in [-0.2, -0.15) is 0 Å². The summed E-state index contributed by atoms with van der Waals surface area (Å²) in [6, 6.07) is 18.7. The number of imidazole rings is 2. The Bertz CT molecular complexity index is 1620. The van der Waals surface area contributed by atoms with E-state index >= 15 is 0 Å². The molecule has 41 heavy (non-hydrogen) atoms. The van der Waals surface area contributed by atoms with Crippen molar-refractivity contribution in [3.63, 3.8) is 0 Å². The molecular formula is C30H28N6O5. The van der Waals surface area contributed by atoms with Crippen molar-refractivity contribution < 1.29 is 24.1 Å². The number of pyridine rings is 2. The topological polar surface area (TPSA) is 140 Å². The summed E-state index contributed by atoms with van der Waals surface area (Å²) in [6.45, 7) is 1.58. The van der Waals surface area contributed by atoms with Gasteiger partial charge in [-0.3, -0.25) is 0 Å². The molecule has 0 amide bonds. The summed E-state index contributed by atoms with van der Waals surface area (Å²) in [7, 11) is 1.63. The van der Waals surface area contributed by atoms with Crippen LogP contribution in [0.2, 0.25) is 0 Å². The smallest absolute Gasteiger partial charge is 0.157 e. The summed E-state index contributed by atoms with van der Waals surface area (Å²) < 4.78 is 22.3. The van der Waals surface area contributed by atoms with E-state index in [1.54, 1.807) is 19.5 Å². The standard InChI is InChI=1S/C30H28N6O5/c1-38-20-3-7-24-28(15-20)36-30(34-24)26-9-5-22(17-32-26)41-13-11-39-10-12-40-21-4-8-25(31-16-21)29-33-23-6-2-19(18-37)14-27(23)35-29/h2-9,14-17,37H,10-13,18H2,1H3,(H,33,35)(H,34,36). The maximum atomic E-state index is 9.31. The fourth-order valence-corrected chi connectivity index (χ4v) is 4.26. The second kappa shape index (κ2) is 12.0. The Kier molecular flexibility index (Phi) is 7.70. The number of hydrogen-bond donors (Lipinski definition) is 3. The van der Waals surface area contributed by atoms with Gasteiger partial charge in [-0.25, -0.2) is 19.9 Å². The Balaban J connectivity index is 0.913. The van der Waals surface area contributed by atoms with Crippen LogP contribution in [0.25, 0.3) is 45.1 Å². The van der Waals surface area contributed by atoms with Crippen LogP contribution in [0.4, 0.5) is 0 Å². The molecule has 0 aliphatic rings. The largest absolute Gasteiger partial charge is 0.497 e. The number of nitrogens with zero attached hydrogens (tertiary/aromatic N) is 4. The van der Waals surface area contributed by atoms with Gasteiger partial charge in [0.15, 0.2) is 11.6 Å². The maximum absolute atomic E-state index is 9.31. The van der Waals surface area contributed by atoms with Gasteiger partial charge >= 0.3 is 0 Å². The van der Waals surface area contributed by atoms with Crippen LogP contribution in [0.3, 0.4) is 0 Å². The maximum Gasteiger partial charge on any atom is 0.157 e. The summed E-state index contributed by atoms with van der Waals surface area (Å²) in [5, 5.41) is 9.31. The summed E-state index contributed by atoms with van der Waals surface area (Å²) in [5.41, 5.74) is 5.64. The van der Waals surface area contributed by atoms with Gasteiger partial charge in [-0.1, -0.05) is 6.07 Å². The molecule has 4 heterocycles. The van der Waals surface area contributed by atoms with Crippen LogP contribution in [-0.2, 0) is 11.3 Å². The van der Waals surface area contributed by atoms with E-state index in [4.69, 9.17) is 18.9 Å². The van der Waals surface area contributed by atoms with E-state index < -0.39 is 0 Å². The quantitative estimate of drug-likeness (QED) is 0.187. The Morgan fingerprint density at radius 2 is 1.22 bits per heavy atom. The van der Waals surface area contributed by atoms with E-state index in [-0.39, 0.29) is 6.61 Å². The number of benzene rings is 2. The molecule has 4 aromatic heterocycles. The van der Waals surface area contributed by atoms with Gasteiger partial charge in [0, 0.05) is 6.07 Å². The highest BCUT2D eigenvalue weighted by Crippen LogP contribution is 2.24. The fraction of sp³-hybridized carbons (Fsp3) is 0.200. The molecule has 3 N–H and O–H groups in total. The first-order valence-corrected chi connectivity index (χ1v) is 13.1. The van der Waals surface area contributed by atoms with E-state index in [2.05, 4.69) is 29.9 Å². The number of ether oxygens (including phenoxy) is 4. The van der Waals surface area contributed by atoms with Crippen molar-refractivity contribution in [3.05, 3.63) is 78.6 Å². The SMILES string of the molecule is COc1ccc2[nH]c(-c3ccc(OCCOCCOc4ccc(-c5nc6cc(CO)ccc6[nH]5)nc4)cn3)nc2c1. The molecule has 0 radical (unpaired) electrons. The van der Waals surface area contributed by atoms with Crippen molar-refractivity contribution in [1.29, 1.82) is 0 Å². The van der Waals surface area contributed by atoms with Gasteiger partial charge in [-0.05, 0) is 54.1 Å². The van der Waals surface area contributed by atoms with Gasteiger partial charge in [0.2, 0.25) is 0 Å². The monoisotopic (exact) mass is 552 g/mol. The number of rotatable bonds is 12. The van der Waals surface area contributed by atoms with Crippen LogP contribution >= 0.6 is 0 Å². The fourth-order valence-electron chi connectivity index (χ4n) is 4.26. The molecule has 6 aromatic rings. The molecule has 11 heteroatoms. The van der Waals surface area contributed by atoms with Gasteiger partial charge in [0.1, 0.15) is 41.9 Å². The molecule has 2 aromatic carbocycles. The lowest BCUT2D eigenvalue weighted by Crippen LogP contribution is -2.12. The first kappa shape index (κ1) is 26.2. The third-order valence-electron chi connectivity index (χ3n) is 6.37. The third kappa shape index (κ3) is 6.11. The molecule has 0 saturated heterocycles. The van der Waals surface area contributed by atoms with E-state index in [9.17, 15) is 5.11 Å². The molecular weight excluding hydrogens is 524 g/mol. The number of aliphatic hydroxyl groups is 1. The van der Waals surface area contributed by atoms with Gasteiger partial charge in [0.05, 0.1) is 61.4 Å². The van der Waals surface area contributed by atoms with Crippen molar-refractivity contribution in [1.82, 2.24) is 29.9 Å². The predicted octanol–water partition coefficient (Wildman–Crippen LogP) is 4.54. The number of aliphatic hydroxyl groups excluding tert-OH is 1. The lowest BCUT2D eigenvalue weighted by Gasteiger charge is -2.09. The molecule has 0 aliphatic heterocycles. The highest BCUT2D eigenvalue weighted by atomic mass is 16.5. The highest BCUT2D eigenvalue weighted by Gasteiger charge is 2.09. The number of methoxy groups -OCH3 is 1. The molecule has 0 spiro atoms. The molecule has 208 valence electrons. The van der Waals surface area contributed by atoms with Crippen molar-refractivity contribution in [3.8, 4) is 40.3 Å². The zero-order valence-electron chi connectivity index (χ0n) is 22.3. The zero-order chi connectivity index (χ0) is 28.0. The van der Waals surface area contributed by atoms with Crippen LogP contribution in [0.15, 0.2) is 73.1 Å². The highest BCUT2D eigenvalue weighted by molar-refractivity contribution is 5.80. The van der Waals surface area contributed by atoms with Crippen LogP contribution in [0.5, 0.6) is 17.2 Å². The summed E-state index contributed by atoms with van der Waals surface area (Å²) in [5.74, 6) is 3.38. The van der Waals surface area contributed by atoms with Crippen LogP contribution in [0, 0.1) is 0 Å². The van der Waals surface area contributed by atoms with Crippen molar-refractivity contribution in [2.45, 2.75) is 6.61 Å². The molecule has 0 fully saturated rings. The molecule has 0 atom stereocenters. The van der Waals surface area contributed by atoms with Gasteiger partial charge in [0.25, 0.3) is 0 Å². The van der Waals surface area contributed by atoms with E-state index in [0.717, 1.165) is 39.1 Å². The molecule has 0 aliphatic carbocycles. The first-order chi connectivity index (χ1) is 20.2. The van der Waals surface area contributed by atoms with E-state index in [0.29, 0.717) is 55.3 Å². The molecule has 6 rings (SSSR count). The second-order valence-corrected chi connectivity index (χ2v) is 9.13. The van der Waals surface area contributed by atoms with Crippen LogP contribution in [-0.4, -0.2) is 68.5 Å². The molecule has 11 nitrogen and oxygen atoms in total. The normalized spacial score (nSPS) is 11.3. The number of H-pyrrole nitrogens is 2. The zero-order valence-corrected chi connectivity index (χ0v) is 22.3. The Hall–Kier alpha value is -5.00. The lowest BCUT2D eigenvalue weighted by molar-refractivity contribution is 0.0762. The summed E-state index contributed by atoms with van der Waals surface area (Å²) in [6.07, 6.45) is 3.32. The number of nitrogens with one attached hydrogen (secondary N) is 2. The second-order valence-electron chi connectivity index (χ2n) is 9.13. The Morgan fingerprint density at radius 3 is 1.76 bits per heavy atom.